The summed E-state index contributed by atoms with van der Waals surface area (Å²) in [6.45, 7) is 1.03. The van der Waals surface area contributed by atoms with Gasteiger partial charge >= 0.3 is 12.0 Å². The van der Waals surface area contributed by atoms with Crippen molar-refractivity contribution in [2.24, 2.45) is 0 Å². The Hall–Kier alpha value is -4.18. The fourth-order valence-corrected chi connectivity index (χ4v) is 3.97. The van der Waals surface area contributed by atoms with E-state index in [1.807, 2.05) is 48.5 Å². The Bertz CT molecular complexity index is 1250. The third kappa shape index (κ3) is 3.38. The van der Waals surface area contributed by atoms with Crippen LogP contribution in [-0.4, -0.2) is 39.4 Å². The Morgan fingerprint density at radius 3 is 2.35 bits per heavy atom. The van der Waals surface area contributed by atoms with Crippen LogP contribution in [-0.2, 0) is 21.7 Å². The van der Waals surface area contributed by atoms with Gasteiger partial charge in [0, 0.05) is 6.54 Å². The van der Waals surface area contributed by atoms with Crippen molar-refractivity contribution < 1.29 is 19.5 Å². The Labute approximate surface area is 178 Å². The molecule has 31 heavy (non-hydrogen) atoms. The number of carbonyl (C=O) groups excluding carboxylic acids is 2. The number of benzene rings is 3. The van der Waals surface area contributed by atoms with Crippen LogP contribution in [0.3, 0.4) is 0 Å². The zero-order chi connectivity index (χ0) is 22.2. The normalized spacial score (nSPS) is 18.5. The monoisotopic (exact) mass is 413 g/mol. The molecule has 1 fully saturated rings. The first-order chi connectivity index (χ1) is 14.8. The van der Waals surface area contributed by atoms with Gasteiger partial charge in [-0.2, -0.15) is 5.26 Å². The first kappa shape index (κ1) is 20.1. The maximum atomic E-state index is 13.3. The molecule has 1 heterocycles. The quantitative estimate of drug-likeness (QED) is 0.646. The molecule has 154 valence electrons. The van der Waals surface area contributed by atoms with Crippen LogP contribution < -0.4 is 0 Å². The number of carbonyl (C=O) groups is 3. The Balaban J connectivity index is 1.78. The molecule has 7 nitrogen and oxygen atoms in total. The van der Waals surface area contributed by atoms with Crippen molar-refractivity contribution in [1.82, 2.24) is 9.80 Å². The second kappa shape index (κ2) is 7.58. The molecule has 0 aromatic heterocycles. The molecule has 1 aliphatic rings. The van der Waals surface area contributed by atoms with Gasteiger partial charge in [0.15, 0.2) is 0 Å². The highest BCUT2D eigenvalue weighted by atomic mass is 16.4. The molecule has 0 aliphatic carbocycles. The summed E-state index contributed by atoms with van der Waals surface area (Å²) in [6.07, 6.45) is 0. The lowest BCUT2D eigenvalue weighted by molar-refractivity contribution is -0.143. The SMILES string of the molecule is CC1(c2ccc(C#N)cc2)C(=O)N(CC(=O)O)C(=O)N1Cc1ccc2ccccc2c1. The van der Waals surface area contributed by atoms with Gasteiger partial charge in [-0.1, -0.05) is 48.5 Å². The lowest BCUT2D eigenvalue weighted by atomic mass is 9.89. The highest BCUT2D eigenvalue weighted by Gasteiger charge is 2.55. The molecule has 0 saturated carbocycles. The topological polar surface area (TPSA) is 102 Å². The predicted molar refractivity (Wildman–Crippen MR) is 113 cm³/mol. The van der Waals surface area contributed by atoms with E-state index in [0.29, 0.717) is 11.1 Å². The van der Waals surface area contributed by atoms with E-state index in [2.05, 4.69) is 0 Å². The van der Waals surface area contributed by atoms with E-state index in [4.69, 9.17) is 5.26 Å². The summed E-state index contributed by atoms with van der Waals surface area (Å²) in [4.78, 5) is 39.9. The second-order valence-electron chi connectivity index (χ2n) is 7.60. The summed E-state index contributed by atoms with van der Waals surface area (Å²) in [6, 6.07) is 21.4. The average Bonchev–Trinajstić information content (AvgIpc) is 2.95. The molecule has 1 N–H and O–H groups in total. The van der Waals surface area contributed by atoms with Crippen molar-refractivity contribution in [3.63, 3.8) is 0 Å². The van der Waals surface area contributed by atoms with Gasteiger partial charge in [0.2, 0.25) is 0 Å². The molecule has 7 heteroatoms. The molecule has 0 bridgehead atoms. The van der Waals surface area contributed by atoms with E-state index in [1.54, 1.807) is 31.2 Å². The molecule has 4 rings (SSSR count). The summed E-state index contributed by atoms with van der Waals surface area (Å²) in [5.41, 5.74) is 0.356. The Morgan fingerprint density at radius 2 is 1.71 bits per heavy atom. The molecule has 3 aromatic carbocycles. The number of hydrogen-bond acceptors (Lipinski definition) is 4. The molecule has 1 aliphatic heterocycles. The third-order valence-corrected chi connectivity index (χ3v) is 5.69. The number of carboxylic acid groups (broad SMARTS) is 1. The van der Waals surface area contributed by atoms with Crippen molar-refractivity contribution in [2.45, 2.75) is 19.0 Å². The summed E-state index contributed by atoms with van der Waals surface area (Å²) >= 11 is 0. The molecule has 0 spiro atoms. The number of hydrogen-bond donors (Lipinski definition) is 1. The fourth-order valence-electron chi connectivity index (χ4n) is 3.97. The number of nitriles is 1. The number of rotatable bonds is 5. The van der Waals surface area contributed by atoms with Gasteiger partial charge in [0.1, 0.15) is 12.1 Å². The minimum absolute atomic E-state index is 0.127. The maximum absolute atomic E-state index is 13.3. The Kier molecular flexibility index (Phi) is 4.91. The number of nitrogens with zero attached hydrogens (tertiary/aromatic N) is 3. The van der Waals surface area contributed by atoms with Crippen molar-refractivity contribution in [3.8, 4) is 6.07 Å². The van der Waals surface area contributed by atoms with Crippen LogP contribution in [0.1, 0.15) is 23.6 Å². The van der Waals surface area contributed by atoms with Gasteiger partial charge in [0.25, 0.3) is 5.91 Å². The van der Waals surface area contributed by atoms with E-state index >= 15 is 0 Å². The number of urea groups is 1. The first-order valence-electron chi connectivity index (χ1n) is 9.68. The van der Waals surface area contributed by atoms with Crippen LogP contribution in [0, 0.1) is 11.3 Å². The van der Waals surface area contributed by atoms with Crippen LogP contribution in [0.4, 0.5) is 4.79 Å². The lowest BCUT2D eigenvalue weighted by Gasteiger charge is -2.32. The summed E-state index contributed by atoms with van der Waals surface area (Å²) in [5.74, 6) is -1.87. The van der Waals surface area contributed by atoms with Gasteiger partial charge in [0.05, 0.1) is 11.6 Å². The van der Waals surface area contributed by atoms with Crippen LogP contribution in [0.25, 0.3) is 10.8 Å². The van der Waals surface area contributed by atoms with Gasteiger partial charge in [-0.25, -0.2) is 4.79 Å². The number of imide groups is 1. The zero-order valence-electron chi connectivity index (χ0n) is 16.8. The number of aliphatic carboxylic acids is 1. The van der Waals surface area contributed by atoms with E-state index in [9.17, 15) is 19.5 Å². The highest BCUT2D eigenvalue weighted by Crippen LogP contribution is 2.38. The van der Waals surface area contributed by atoms with Crippen molar-refractivity contribution in [2.75, 3.05) is 6.54 Å². The summed E-state index contributed by atoms with van der Waals surface area (Å²) in [7, 11) is 0. The molecular weight excluding hydrogens is 394 g/mol. The summed E-state index contributed by atoms with van der Waals surface area (Å²) < 4.78 is 0. The van der Waals surface area contributed by atoms with Gasteiger partial charge < -0.3 is 10.0 Å². The van der Waals surface area contributed by atoms with Crippen molar-refractivity contribution >= 4 is 28.7 Å². The Morgan fingerprint density at radius 1 is 1.03 bits per heavy atom. The molecule has 3 amide bonds. The lowest BCUT2D eigenvalue weighted by Crippen LogP contribution is -2.44. The molecule has 3 aromatic rings. The van der Waals surface area contributed by atoms with Crippen LogP contribution >= 0.6 is 0 Å². The number of amides is 3. The molecule has 1 unspecified atom stereocenters. The van der Waals surface area contributed by atoms with Gasteiger partial charge in [-0.15, -0.1) is 0 Å². The van der Waals surface area contributed by atoms with Crippen molar-refractivity contribution in [3.05, 3.63) is 83.4 Å². The van der Waals surface area contributed by atoms with Crippen molar-refractivity contribution in [1.29, 1.82) is 5.26 Å². The smallest absolute Gasteiger partial charge is 0.328 e. The third-order valence-electron chi connectivity index (χ3n) is 5.69. The maximum Gasteiger partial charge on any atom is 0.328 e. The predicted octanol–water partition coefficient (Wildman–Crippen LogP) is 3.48. The van der Waals surface area contributed by atoms with E-state index in [1.165, 1.54) is 4.90 Å². The number of fused-ring (bicyclic) bond motifs is 1. The van der Waals surface area contributed by atoms with E-state index in [0.717, 1.165) is 21.2 Å². The molecule has 1 saturated heterocycles. The molecule has 1 atom stereocenters. The fraction of sp³-hybridized carbons (Fsp3) is 0.167. The van der Waals surface area contributed by atoms with Crippen LogP contribution in [0.15, 0.2) is 66.7 Å². The van der Waals surface area contributed by atoms with Gasteiger partial charge in [-0.3, -0.25) is 14.5 Å². The number of carboxylic acids is 1. The minimum atomic E-state index is -1.40. The second-order valence-corrected chi connectivity index (χ2v) is 7.60. The highest BCUT2D eigenvalue weighted by molar-refractivity contribution is 6.08. The van der Waals surface area contributed by atoms with E-state index in [-0.39, 0.29) is 6.54 Å². The average molecular weight is 413 g/mol. The zero-order valence-corrected chi connectivity index (χ0v) is 16.8. The van der Waals surface area contributed by atoms with Gasteiger partial charge in [-0.05, 0) is 47.0 Å². The largest absolute Gasteiger partial charge is 0.480 e. The molecular formula is C24H19N3O4. The minimum Gasteiger partial charge on any atom is -0.480 e. The first-order valence-corrected chi connectivity index (χ1v) is 9.68. The molecule has 0 radical (unpaired) electrons. The standard InChI is InChI=1S/C24H19N3O4/c1-24(20-10-7-16(13-25)8-11-20)22(30)26(15-21(28)29)23(31)27(24)14-17-6-9-18-4-2-3-5-19(18)12-17/h2-12H,14-15H2,1H3,(H,28,29). The van der Waals surface area contributed by atoms with Crippen LogP contribution in [0.5, 0.6) is 0 Å². The van der Waals surface area contributed by atoms with Crippen LogP contribution in [0.2, 0.25) is 0 Å². The summed E-state index contributed by atoms with van der Waals surface area (Å²) in [5, 5.41) is 20.3. The van der Waals surface area contributed by atoms with E-state index < -0.39 is 30.0 Å².